The fourth-order valence-corrected chi connectivity index (χ4v) is 2.61. The second-order valence-corrected chi connectivity index (χ2v) is 6.20. The molecule has 0 saturated heterocycles. The number of nitrogens with one attached hydrogen (secondary N) is 1. The van der Waals surface area contributed by atoms with E-state index < -0.39 is 6.10 Å². The summed E-state index contributed by atoms with van der Waals surface area (Å²) < 4.78 is 5.59. The first-order valence-electron chi connectivity index (χ1n) is 8.57. The molecule has 0 aliphatic rings. The Morgan fingerprint density at radius 1 is 1.12 bits per heavy atom. The van der Waals surface area contributed by atoms with E-state index in [1.165, 1.54) is 0 Å². The number of nitrogens with zero attached hydrogens (tertiary/aromatic N) is 1. The van der Waals surface area contributed by atoms with Crippen molar-refractivity contribution in [3.63, 3.8) is 0 Å². The van der Waals surface area contributed by atoms with Crippen LogP contribution < -0.4 is 10.1 Å². The van der Waals surface area contributed by atoms with Gasteiger partial charge in [0.1, 0.15) is 5.75 Å². The molecule has 0 aliphatic heterocycles. The molecule has 0 aromatic heterocycles. The molecule has 0 bridgehead atoms. The second kappa shape index (κ2) is 9.25. The van der Waals surface area contributed by atoms with Crippen molar-refractivity contribution in [2.45, 2.75) is 26.9 Å². The fraction of sp³-hybridized carbons (Fsp3) is 0.300. The van der Waals surface area contributed by atoms with Crippen molar-refractivity contribution < 1.29 is 14.3 Å². The molecule has 138 valence electrons. The summed E-state index contributed by atoms with van der Waals surface area (Å²) in [6.07, 6.45) is -0.689. The van der Waals surface area contributed by atoms with Gasteiger partial charge < -0.3 is 15.0 Å². The molecular formula is C20H23ClN2O3. The number of carbonyl (C=O) groups excluding carboxylic acids is 2. The molecule has 1 atom stereocenters. The topological polar surface area (TPSA) is 58.6 Å². The number of carbonyl (C=O) groups is 2. The number of ether oxygens (including phenoxy) is 1. The number of amides is 2. The van der Waals surface area contributed by atoms with Crippen LogP contribution in [0.1, 0.15) is 31.1 Å². The number of anilines is 1. The number of hydrogen-bond donors (Lipinski definition) is 1. The summed E-state index contributed by atoms with van der Waals surface area (Å²) in [7, 11) is 0. The van der Waals surface area contributed by atoms with Crippen LogP contribution in [-0.4, -0.2) is 35.9 Å². The minimum Gasteiger partial charge on any atom is -0.481 e. The van der Waals surface area contributed by atoms with Gasteiger partial charge >= 0.3 is 0 Å². The molecule has 0 fully saturated rings. The quantitative estimate of drug-likeness (QED) is 0.789. The van der Waals surface area contributed by atoms with E-state index in [2.05, 4.69) is 5.32 Å². The average Bonchev–Trinajstić information content (AvgIpc) is 2.63. The van der Waals surface area contributed by atoms with Crippen LogP contribution in [0.25, 0.3) is 0 Å². The Hall–Kier alpha value is -2.53. The first-order valence-corrected chi connectivity index (χ1v) is 8.94. The van der Waals surface area contributed by atoms with Crippen LogP contribution in [0.4, 0.5) is 5.69 Å². The van der Waals surface area contributed by atoms with Gasteiger partial charge in [0.25, 0.3) is 11.8 Å². The second-order valence-electron chi connectivity index (χ2n) is 5.76. The van der Waals surface area contributed by atoms with E-state index in [4.69, 9.17) is 16.3 Å². The van der Waals surface area contributed by atoms with Crippen molar-refractivity contribution >= 4 is 29.1 Å². The van der Waals surface area contributed by atoms with Crippen molar-refractivity contribution in [2.24, 2.45) is 0 Å². The Bertz CT molecular complexity index is 758. The summed E-state index contributed by atoms with van der Waals surface area (Å²) in [5.74, 6) is 0.221. The lowest BCUT2D eigenvalue weighted by molar-refractivity contribution is -0.122. The summed E-state index contributed by atoms with van der Waals surface area (Å²) in [6.45, 7) is 6.86. The monoisotopic (exact) mass is 374 g/mol. The maximum atomic E-state index is 12.3. The zero-order chi connectivity index (χ0) is 19.1. The molecule has 26 heavy (non-hydrogen) atoms. The molecule has 0 saturated carbocycles. The van der Waals surface area contributed by atoms with Crippen molar-refractivity contribution in [2.75, 3.05) is 18.4 Å². The number of halogens is 1. The largest absolute Gasteiger partial charge is 0.481 e. The summed E-state index contributed by atoms with van der Waals surface area (Å²) in [6, 6.07) is 13.7. The molecule has 0 radical (unpaired) electrons. The molecule has 0 heterocycles. The van der Waals surface area contributed by atoms with Gasteiger partial charge in [-0.05, 0) is 63.2 Å². The van der Waals surface area contributed by atoms with E-state index in [1.54, 1.807) is 60.4 Å². The van der Waals surface area contributed by atoms with Gasteiger partial charge in [-0.2, -0.15) is 0 Å². The number of benzene rings is 2. The van der Waals surface area contributed by atoms with E-state index in [-0.39, 0.29) is 11.8 Å². The minimum absolute atomic E-state index is 0.0227. The first-order chi connectivity index (χ1) is 12.4. The van der Waals surface area contributed by atoms with Gasteiger partial charge in [-0.25, -0.2) is 0 Å². The lowest BCUT2D eigenvalue weighted by atomic mass is 10.1. The molecular weight excluding hydrogens is 352 g/mol. The third kappa shape index (κ3) is 5.23. The molecule has 6 heteroatoms. The van der Waals surface area contributed by atoms with Gasteiger partial charge in [0.15, 0.2) is 6.10 Å². The third-order valence-corrected chi connectivity index (χ3v) is 4.16. The Kier molecular flexibility index (Phi) is 7.04. The summed E-state index contributed by atoms with van der Waals surface area (Å²) in [5.41, 5.74) is 1.20. The van der Waals surface area contributed by atoms with Gasteiger partial charge in [-0.15, -0.1) is 0 Å². The molecule has 2 aromatic carbocycles. The van der Waals surface area contributed by atoms with Gasteiger partial charge in [0.05, 0.1) is 0 Å². The van der Waals surface area contributed by atoms with E-state index in [0.29, 0.717) is 35.1 Å². The lowest BCUT2D eigenvalue weighted by Gasteiger charge is -2.19. The van der Waals surface area contributed by atoms with Crippen molar-refractivity contribution in [1.29, 1.82) is 0 Å². The maximum absolute atomic E-state index is 12.3. The first kappa shape index (κ1) is 19.8. The smallest absolute Gasteiger partial charge is 0.265 e. The van der Waals surface area contributed by atoms with Crippen LogP contribution >= 0.6 is 11.6 Å². The predicted octanol–water partition coefficient (Wildman–Crippen LogP) is 4.23. The van der Waals surface area contributed by atoms with Crippen LogP contribution in [0.5, 0.6) is 5.75 Å². The Balaban J connectivity index is 1.97. The predicted molar refractivity (Wildman–Crippen MR) is 104 cm³/mol. The molecule has 5 nitrogen and oxygen atoms in total. The Morgan fingerprint density at radius 2 is 1.77 bits per heavy atom. The zero-order valence-electron chi connectivity index (χ0n) is 15.2. The summed E-state index contributed by atoms with van der Waals surface area (Å²) in [4.78, 5) is 26.3. The van der Waals surface area contributed by atoms with E-state index in [0.717, 1.165) is 0 Å². The molecule has 0 aliphatic carbocycles. The van der Waals surface area contributed by atoms with Crippen LogP contribution in [-0.2, 0) is 4.79 Å². The van der Waals surface area contributed by atoms with Crippen molar-refractivity contribution in [3.8, 4) is 5.75 Å². The normalized spacial score (nSPS) is 11.5. The molecule has 1 N–H and O–H groups in total. The molecule has 2 amide bonds. The third-order valence-electron chi connectivity index (χ3n) is 3.93. The highest BCUT2D eigenvalue weighted by atomic mass is 35.5. The molecule has 1 unspecified atom stereocenters. The van der Waals surface area contributed by atoms with Gasteiger partial charge in [0, 0.05) is 29.4 Å². The van der Waals surface area contributed by atoms with E-state index >= 15 is 0 Å². The van der Waals surface area contributed by atoms with Crippen LogP contribution in [0, 0.1) is 0 Å². The Labute approximate surface area is 158 Å². The summed E-state index contributed by atoms with van der Waals surface area (Å²) in [5, 5.41) is 3.32. The maximum Gasteiger partial charge on any atom is 0.265 e. The van der Waals surface area contributed by atoms with E-state index in [1.807, 2.05) is 13.8 Å². The molecule has 2 rings (SSSR count). The Morgan fingerprint density at radius 3 is 2.35 bits per heavy atom. The standard InChI is InChI=1S/C20H23ClN2O3/c1-4-23(5-2)20(25)15-9-11-17(12-10-15)22-19(24)14(3)26-18-8-6-7-16(21)13-18/h6-14H,4-5H2,1-3H3,(H,22,24). The molecule has 2 aromatic rings. The van der Waals surface area contributed by atoms with Gasteiger partial charge in [-0.3, -0.25) is 9.59 Å². The highest BCUT2D eigenvalue weighted by Gasteiger charge is 2.16. The van der Waals surface area contributed by atoms with Crippen LogP contribution in [0.15, 0.2) is 48.5 Å². The zero-order valence-corrected chi connectivity index (χ0v) is 15.9. The highest BCUT2D eigenvalue weighted by molar-refractivity contribution is 6.30. The van der Waals surface area contributed by atoms with Crippen molar-refractivity contribution in [3.05, 3.63) is 59.1 Å². The summed E-state index contributed by atoms with van der Waals surface area (Å²) >= 11 is 5.91. The van der Waals surface area contributed by atoms with Crippen molar-refractivity contribution in [1.82, 2.24) is 4.90 Å². The highest BCUT2D eigenvalue weighted by Crippen LogP contribution is 2.19. The lowest BCUT2D eigenvalue weighted by Crippen LogP contribution is -2.31. The van der Waals surface area contributed by atoms with Crippen LogP contribution in [0.3, 0.4) is 0 Å². The number of rotatable bonds is 7. The van der Waals surface area contributed by atoms with Gasteiger partial charge in [-0.1, -0.05) is 17.7 Å². The fourth-order valence-electron chi connectivity index (χ4n) is 2.43. The van der Waals surface area contributed by atoms with Gasteiger partial charge in [0.2, 0.25) is 0 Å². The van der Waals surface area contributed by atoms with Crippen LogP contribution in [0.2, 0.25) is 5.02 Å². The van der Waals surface area contributed by atoms with E-state index in [9.17, 15) is 9.59 Å². The number of hydrogen-bond acceptors (Lipinski definition) is 3. The molecule has 0 spiro atoms. The SMILES string of the molecule is CCN(CC)C(=O)c1ccc(NC(=O)C(C)Oc2cccc(Cl)c2)cc1. The average molecular weight is 375 g/mol. The minimum atomic E-state index is -0.689.